The first-order valence-electron chi connectivity index (χ1n) is 8.00. The normalized spacial score (nSPS) is 39.6. The van der Waals surface area contributed by atoms with Gasteiger partial charge in [0.15, 0.2) is 6.04 Å². The molecule has 20 heavy (non-hydrogen) atoms. The van der Waals surface area contributed by atoms with Crippen LogP contribution < -0.4 is 5.32 Å². The molecule has 4 aliphatic rings. The third-order valence-corrected chi connectivity index (χ3v) is 5.94. The molecule has 0 saturated heterocycles. The van der Waals surface area contributed by atoms with Crippen LogP contribution in [-0.2, 0) is 0 Å². The monoisotopic (exact) mass is 270 g/mol. The Morgan fingerprint density at radius 1 is 1.20 bits per heavy atom. The zero-order valence-electron chi connectivity index (χ0n) is 11.8. The van der Waals surface area contributed by atoms with E-state index in [-0.39, 0.29) is 6.04 Å². The van der Waals surface area contributed by atoms with Crippen LogP contribution in [0.4, 0.5) is 0 Å². The van der Waals surface area contributed by atoms with Gasteiger partial charge in [-0.05, 0) is 73.8 Å². The minimum absolute atomic E-state index is 0.290. The average molecular weight is 270 g/mol. The summed E-state index contributed by atoms with van der Waals surface area (Å²) in [4.78, 5) is 0. The largest absolute Gasteiger partial charge is 0.467 e. The van der Waals surface area contributed by atoms with E-state index >= 15 is 0 Å². The predicted molar refractivity (Wildman–Crippen MR) is 75.6 cm³/mol. The summed E-state index contributed by atoms with van der Waals surface area (Å²) in [7, 11) is 0. The molecular formula is C17H22N2O. The zero-order chi connectivity index (χ0) is 13.5. The number of nitrogens with one attached hydrogen (secondary N) is 1. The Hall–Kier alpha value is -1.27. The second-order valence-corrected chi connectivity index (χ2v) is 7.08. The van der Waals surface area contributed by atoms with Crippen LogP contribution in [0.3, 0.4) is 0 Å². The molecule has 0 aromatic carbocycles. The van der Waals surface area contributed by atoms with Crippen molar-refractivity contribution in [2.24, 2.45) is 29.6 Å². The second kappa shape index (κ2) is 4.93. The van der Waals surface area contributed by atoms with E-state index in [4.69, 9.17) is 4.42 Å². The molecule has 1 aromatic rings. The van der Waals surface area contributed by atoms with Gasteiger partial charge in [-0.3, -0.25) is 5.32 Å². The van der Waals surface area contributed by atoms with E-state index in [1.165, 1.54) is 32.1 Å². The fourth-order valence-corrected chi connectivity index (χ4v) is 5.29. The third-order valence-electron chi connectivity index (χ3n) is 5.94. The number of furan rings is 1. The van der Waals surface area contributed by atoms with Crippen molar-refractivity contribution in [2.75, 3.05) is 6.54 Å². The van der Waals surface area contributed by atoms with Crippen LogP contribution in [0.5, 0.6) is 0 Å². The van der Waals surface area contributed by atoms with E-state index in [1.54, 1.807) is 6.26 Å². The van der Waals surface area contributed by atoms with Crippen molar-refractivity contribution in [3.63, 3.8) is 0 Å². The Kier molecular flexibility index (Phi) is 3.07. The summed E-state index contributed by atoms with van der Waals surface area (Å²) in [6, 6.07) is 5.77. The minimum atomic E-state index is -0.290. The van der Waals surface area contributed by atoms with Crippen molar-refractivity contribution < 1.29 is 4.42 Å². The lowest BCUT2D eigenvalue weighted by Gasteiger charge is -2.54. The highest BCUT2D eigenvalue weighted by atomic mass is 16.3. The molecule has 0 aliphatic heterocycles. The van der Waals surface area contributed by atoms with E-state index in [0.717, 1.165) is 41.9 Å². The Balaban J connectivity index is 1.41. The van der Waals surface area contributed by atoms with E-state index < -0.39 is 0 Å². The van der Waals surface area contributed by atoms with E-state index in [2.05, 4.69) is 11.4 Å². The molecule has 4 aliphatic carbocycles. The van der Waals surface area contributed by atoms with Gasteiger partial charge >= 0.3 is 0 Å². The van der Waals surface area contributed by atoms with Gasteiger partial charge in [0, 0.05) is 6.54 Å². The maximum Gasteiger partial charge on any atom is 0.154 e. The molecule has 1 heterocycles. The molecule has 1 unspecified atom stereocenters. The number of hydrogen-bond donors (Lipinski definition) is 1. The first-order valence-corrected chi connectivity index (χ1v) is 8.00. The maximum absolute atomic E-state index is 9.31. The van der Waals surface area contributed by atoms with Crippen LogP contribution in [0.2, 0.25) is 0 Å². The molecule has 3 heteroatoms. The molecule has 1 atom stereocenters. The van der Waals surface area contributed by atoms with Crippen molar-refractivity contribution in [1.82, 2.24) is 5.32 Å². The smallest absolute Gasteiger partial charge is 0.154 e. The Morgan fingerprint density at radius 2 is 1.90 bits per heavy atom. The molecule has 4 bridgehead atoms. The molecule has 3 nitrogen and oxygen atoms in total. The quantitative estimate of drug-likeness (QED) is 0.911. The lowest BCUT2D eigenvalue weighted by molar-refractivity contribution is -0.0360. The van der Waals surface area contributed by atoms with Crippen LogP contribution in [0.25, 0.3) is 0 Å². The average Bonchev–Trinajstić information content (AvgIpc) is 2.95. The van der Waals surface area contributed by atoms with E-state index in [0.29, 0.717) is 0 Å². The van der Waals surface area contributed by atoms with Crippen molar-refractivity contribution in [3.8, 4) is 6.07 Å². The predicted octanol–water partition coefficient (Wildman–Crippen LogP) is 3.51. The highest BCUT2D eigenvalue weighted by molar-refractivity contribution is 5.12. The lowest BCUT2D eigenvalue weighted by atomic mass is 9.52. The van der Waals surface area contributed by atoms with E-state index in [9.17, 15) is 5.26 Å². The van der Waals surface area contributed by atoms with Crippen LogP contribution in [0, 0.1) is 40.9 Å². The molecule has 106 valence electrons. The first-order chi connectivity index (χ1) is 9.83. The SMILES string of the molecule is N#CC(NCC1C2CC3CC(C2)CC1C3)c1ccco1. The van der Waals surface area contributed by atoms with Gasteiger partial charge in [0.1, 0.15) is 5.76 Å². The van der Waals surface area contributed by atoms with Crippen LogP contribution >= 0.6 is 0 Å². The highest BCUT2D eigenvalue weighted by Gasteiger charge is 2.47. The number of hydrogen-bond acceptors (Lipinski definition) is 3. The molecule has 5 rings (SSSR count). The van der Waals surface area contributed by atoms with E-state index in [1.807, 2.05) is 12.1 Å². The van der Waals surface area contributed by atoms with Gasteiger partial charge in [0.25, 0.3) is 0 Å². The lowest BCUT2D eigenvalue weighted by Crippen LogP contribution is -2.48. The summed E-state index contributed by atoms with van der Waals surface area (Å²) in [6.07, 6.45) is 8.91. The third kappa shape index (κ3) is 2.07. The Labute approximate surface area is 120 Å². The summed E-state index contributed by atoms with van der Waals surface area (Å²) in [6.45, 7) is 0.980. The highest BCUT2D eigenvalue weighted by Crippen LogP contribution is 2.56. The number of nitriles is 1. The van der Waals surface area contributed by atoms with Gasteiger partial charge in [-0.15, -0.1) is 0 Å². The van der Waals surface area contributed by atoms with Crippen LogP contribution in [0.15, 0.2) is 22.8 Å². The fraction of sp³-hybridized carbons (Fsp3) is 0.706. The number of rotatable bonds is 4. The summed E-state index contributed by atoms with van der Waals surface area (Å²) in [5.41, 5.74) is 0. The van der Waals surface area contributed by atoms with Crippen molar-refractivity contribution in [2.45, 2.75) is 38.1 Å². The van der Waals surface area contributed by atoms with Crippen molar-refractivity contribution in [1.29, 1.82) is 5.26 Å². The summed E-state index contributed by atoms with van der Waals surface area (Å²) < 4.78 is 5.36. The summed E-state index contributed by atoms with van der Waals surface area (Å²) in [5.74, 6) is 5.39. The summed E-state index contributed by atoms with van der Waals surface area (Å²) in [5, 5.41) is 12.8. The Bertz CT molecular complexity index is 474. The standard InChI is InChI=1S/C17H22N2O/c18-9-16(17-2-1-3-20-17)19-10-15-13-5-11-4-12(7-13)8-14(15)6-11/h1-3,11-16,19H,4-8,10H2. The first kappa shape index (κ1) is 12.5. The Morgan fingerprint density at radius 3 is 2.45 bits per heavy atom. The summed E-state index contributed by atoms with van der Waals surface area (Å²) >= 11 is 0. The van der Waals surface area contributed by atoms with Gasteiger partial charge in [0.2, 0.25) is 0 Å². The van der Waals surface area contributed by atoms with Gasteiger partial charge in [-0.1, -0.05) is 0 Å². The number of nitrogens with zero attached hydrogens (tertiary/aromatic N) is 1. The van der Waals surface area contributed by atoms with Gasteiger partial charge in [-0.2, -0.15) is 5.26 Å². The van der Waals surface area contributed by atoms with Crippen LogP contribution in [-0.4, -0.2) is 6.54 Å². The molecule has 1 N–H and O–H groups in total. The van der Waals surface area contributed by atoms with Crippen LogP contribution in [0.1, 0.15) is 43.9 Å². The molecule has 0 amide bonds. The molecule has 4 fully saturated rings. The molecule has 0 radical (unpaired) electrons. The fourth-order valence-electron chi connectivity index (χ4n) is 5.29. The molecule has 1 aromatic heterocycles. The van der Waals surface area contributed by atoms with Crippen molar-refractivity contribution >= 4 is 0 Å². The van der Waals surface area contributed by atoms with Gasteiger partial charge in [0.05, 0.1) is 12.3 Å². The van der Waals surface area contributed by atoms with Gasteiger partial charge in [-0.25, -0.2) is 0 Å². The molecule has 4 saturated carbocycles. The minimum Gasteiger partial charge on any atom is -0.467 e. The molecular weight excluding hydrogens is 248 g/mol. The second-order valence-electron chi connectivity index (χ2n) is 7.08. The topological polar surface area (TPSA) is 49.0 Å². The zero-order valence-corrected chi connectivity index (χ0v) is 11.8. The van der Waals surface area contributed by atoms with Crippen molar-refractivity contribution in [3.05, 3.63) is 24.2 Å². The molecule has 0 spiro atoms. The van der Waals surface area contributed by atoms with Gasteiger partial charge < -0.3 is 4.42 Å². The maximum atomic E-state index is 9.31.